The van der Waals surface area contributed by atoms with Crippen molar-refractivity contribution in [3.05, 3.63) is 65.5 Å². The number of nitrogens with zero attached hydrogens (tertiary/aromatic N) is 3. The zero-order valence-electron chi connectivity index (χ0n) is 16.4. The van der Waals surface area contributed by atoms with Crippen molar-refractivity contribution in [2.45, 2.75) is 31.8 Å². The van der Waals surface area contributed by atoms with Gasteiger partial charge in [0.2, 0.25) is 0 Å². The molecule has 1 saturated heterocycles. The molecule has 1 amide bonds. The predicted molar refractivity (Wildman–Crippen MR) is 109 cm³/mol. The number of hydrogen-bond acceptors (Lipinski definition) is 4. The molecule has 27 heavy (non-hydrogen) atoms. The van der Waals surface area contributed by atoms with Crippen LogP contribution in [0.25, 0.3) is 0 Å². The molecule has 1 aliphatic rings. The van der Waals surface area contributed by atoms with Crippen LogP contribution in [0, 0.1) is 0 Å². The lowest BCUT2D eigenvalue weighted by Gasteiger charge is -2.34. The standard InChI is InChI=1S/C22H30N4O/c1-25(2)17-18-8-10-19(11-9-18)22(27)24-16-21(20-7-6-12-23-15-20)26-13-4-3-5-14-26/h6-12,15,21H,3-5,13-14,16-17H2,1-2H3,(H,24,27). The summed E-state index contributed by atoms with van der Waals surface area (Å²) >= 11 is 0. The average molecular weight is 367 g/mol. The van der Waals surface area contributed by atoms with E-state index in [9.17, 15) is 4.79 Å². The Morgan fingerprint density at radius 1 is 1.15 bits per heavy atom. The first-order chi connectivity index (χ1) is 13.1. The van der Waals surface area contributed by atoms with Crippen LogP contribution in [0.5, 0.6) is 0 Å². The van der Waals surface area contributed by atoms with Gasteiger partial charge in [0.25, 0.3) is 5.91 Å². The molecule has 0 saturated carbocycles. The molecule has 2 heterocycles. The number of piperidine rings is 1. The Morgan fingerprint density at radius 2 is 1.89 bits per heavy atom. The normalized spacial score (nSPS) is 16.3. The largest absolute Gasteiger partial charge is 0.350 e. The third-order valence-electron chi connectivity index (χ3n) is 5.07. The minimum Gasteiger partial charge on any atom is -0.350 e. The molecule has 144 valence electrons. The van der Waals surface area contributed by atoms with Crippen molar-refractivity contribution in [3.63, 3.8) is 0 Å². The molecule has 1 atom stereocenters. The SMILES string of the molecule is CN(C)Cc1ccc(C(=O)NCC(c2cccnc2)N2CCCCC2)cc1. The lowest BCUT2D eigenvalue weighted by atomic mass is 10.0. The first-order valence-corrected chi connectivity index (χ1v) is 9.79. The second-order valence-corrected chi connectivity index (χ2v) is 7.54. The van der Waals surface area contributed by atoms with Gasteiger partial charge in [0.05, 0.1) is 6.04 Å². The Labute approximate surface area is 162 Å². The number of carbonyl (C=O) groups excluding carboxylic acids is 1. The van der Waals surface area contributed by atoms with Crippen molar-refractivity contribution in [1.82, 2.24) is 20.1 Å². The molecule has 1 unspecified atom stereocenters. The summed E-state index contributed by atoms with van der Waals surface area (Å²) in [7, 11) is 4.08. The average Bonchev–Trinajstić information content (AvgIpc) is 2.70. The summed E-state index contributed by atoms with van der Waals surface area (Å²) in [5, 5.41) is 3.14. The quantitative estimate of drug-likeness (QED) is 0.818. The van der Waals surface area contributed by atoms with E-state index in [-0.39, 0.29) is 11.9 Å². The summed E-state index contributed by atoms with van der Waals surface area (Å²) in [6, 6.07) is 12.1. The molecule has 1 aromatic heterocycles. The van der Waals surface area contributed by atoms with Crippen LogP contribution in [-0.2, 0) is 6.54 Å². The highest BCUT2D eigenvalue weighted by Gasteiger charge is 2.23. The fourth-order valence-corrected chi connectivity index (χ4v) is 3.68. The number of rotatable bonds is 7. The Balaban J connectivity index is 1.64. The second-order valence-electron chi connectivity index (χ2n) is 7.54. The maximum Gasteiger partial charge on any atom is 0.251 e. The van der Waals surface area contributed by atoms with Gasteiger partial charge in [-0.3, -0.25) is 14.7 Å². The van der Waals surface area contributed by atoms with Gasteiger partial charge in [-0.1, -0.05) is 24.6 Å². The molecule has 1 aliphatic heterocycles. The predicted octanol–water partition coefficient (Wildman–Crippen LogP) is 3.10. The van der Waals surface area contributed by atoms with Crippen molar-refractivity contribution in [2.24, 2.45) is 0 Å². The van der Waals surface area contributed by atoms with Gasteiger partial charge in [-0.25, -0.2) is 0 Å². The number of amides is 1. The van der Waals surface area contributed by atoms with Crippen LogP contribution in [0.1, 0.15) is 46.8 Å². The Morgan fingerprint density at radius 3 is 2.52 bits per heavy atom. The molecule has 3 rings (SSSR count). The maximum absolute atomic E-state index is 12.6. The van der Waals surface area contributed by atoms with Crippen molar-refractivity contribution in [3.8, 4) is 0 Å². The van der Waals surface area contributed by atoms with Crippen LogP contribution < -0.4 is 5.32 Å². The summed E-state index contributed by atoms with van der Waals surface area (Å²) in [6.45, 7) is 3.63. The number of carbonyl (C=O) groups is 1. The number of nitrogens with one attached hydrogen (secondary N) is 1. The fraction of sp³-hybridized carbons (Fsp3) is 0.455. The summed E-state index contributed by atoms with van der Waals surface area (Å²) in [5.74, 6) is -0.0164. The fourth-order valence-electron chi connectivity index (χ4n) is 3.68. The van der Waals surface area contributed by atoms with Crippen molar-refractivity contribution >= 4 is 5.91 Å². The smallest absolute Gasteiger partial charge is 0.251 e. The maximum atomic E-state index is 12.6. The van der Waals surface area contributed by atoms with E-state index in [1.54, 1.807) is 6.20 Å². The first-order valence-electron chi connectivity index (χ1n) is 9.79. The molecule has 1 fully saturated rings. The highest BCUT2D eigenvalue weighted by atomic mass is 16.1. The van der Waals surface area contributed by atoms with E-state index in [0.29, 0.717) is 12.1 Å². The van der Waals surface area contributed by atoms with E-state index in [0.717, 1.165) is 19.6 Å². The van der Waals surface area contributed by atoms with Gasteiger partial charge in [-0.2, -0.15) is 0 Å². The van der Waals surface area contributed by atoms with E-state index >= 15 is 0 Å². The molecule has 2 aromatic rings. The first kappa shape index (κ1) is 19.5. The third kappa shape index (κ3) is 5.62. The molecule has 0 aliphatic carbocycles. The lowest BCUT2D eigenvalue weighted by Crippen LogP contribution is -2.40. The van der Waals surface area contributed by atoms with E-state index in [1.807, 2.05) is 50.6 Å². The minimum absolute atomic E-state index is 0.0164. The Kier molecular flexibility index (Phi) is 6.96. The topological polar surface area (TPSA) is 48.5 Å². The highest BCUT2D eigenvalue weighted by Crippen LogP contribution is 2.23. The minimum atomic E-state index is -0.0164. The molecular weight excluding hydrogens is 336 g/mol. The number of likely N-dealkylation sites (tertiary alicyclic amines) is 1. The van der Waals surface area contributed by atoms with Crippen LogP contribution in [0.2, 0.25) is 0 Å². The van der Waals surface area contributed by atoms with E-state index in [1.165, 1.54) is 30.4 Å². The molecule has 0 radical (unpaired) electrons. The molecule has 1 aromatic carbocycles. The summed E-state index contributed by atoms with van der Waals surface area (Å²) in [6.07, 6.45) is 7.45. The van der Waals surface area contributed by atoms with E-state index in [4.69, 9.17) is 0 Å². The van der Waals surface area contributed by atoms with Gasteiger partial charge >= 0.3 is 0 Å². The molecule has 1 N–H and O–H groups in total. The van der Waals surface area contributed by atoms with Gasteiger partial charge in [-0.15, -0.1) is 0 Å². The summed E-state index contributed by atoms with van der Waals surface area (Å²) in [4.78, 5) is 21.5. The molecular formula is C22H30N4O. The van der Waals surface area contributed by atoms with Gasteiger partial charge in [0.1, 0.15) is 0 Å². The highest BCUT2D eigenvalue weighted by molar-refractivity contribution is 5.94. The van der Waals surface area contributed by atoms with Gasteiger partial charge < -0.3 is 10.2 Å². The van der Waals surface area contributed by atoms with Crippen molar-refractivity contribution < 1.29 is 4.79 Å². The van der Waals surface area contributed by atoms with Crippen molar-refractivity contribution in [1.29, 1.82) is 0 Å². The number of benzene rings is 1. The van der Waals surface area contributed by atoms with E-state index in [2.05, 4.69) is 26.2 Å². The van der Waals surface area contributed by atoms with E-state index < -0.39 is 0 Å². The molecule has 0 spiro atoms. The number of hydrogen-bond donors (Lipinski definition) is 1. The van der Waals surface area contributed by atoms with Crippen LogP contribution in [0.4, 0.5) is 0 Å². The lowest BCUT2D eigenvalue weighted by molar-refractivity contribution is 0.0924. The van der Waals surface area contributed by atoms with Gasteiger partial charge in [-0.05, 0) is 69.4 Å². The zero-order valence-corrected chi connectivity index (χ0v) is 16.4. The molecule has 5 heteroatoms. The number of pyridine rings is 1. The Hall–Kier alpha value is -2.24. The summed E-state index contributed by atoms with van der Waals surface area (Å²) in [5.41, 5.74) is 3.08. The summed E-state index contributed by atoms with van der Waals surface area (Å²) < 4.78 is 0. The zero-order chi connectivity index (χ0) is 19.1. The number of aromatic nitrogens is 1. The van der Waals surface area contributed by atoms with Crippen molar-refractivity contribution in [2.75, 3.05) is 33.7 Å². The van der Waals surface area contributed by atoms with Gasteiger partial charge in [0, 0.05) is 31.0 Å². The molecule has 5 nitrogen and oxygen atoms in total. The van der Waals surface area contributed by atoms with Gasteiger partial charge in [0.15, 0.2) is 0 Å². The van der Waals surface area contributed by atoms with Crippen LogP contribution >= 0.6 is 0 Å². The Bertz CT molecular complexity index is 709. The second kappa shape index (κ2) is 9.62. The van der Waals surface area contributed by atoms with Crippen LogP contribution in [0.3, 0.4) is 0 Å². The van der Waals surface area contributed by atoms with Crippen LogP contribution in [-0.4, -0.2) is 54.4 Å². The molecule has 0 bridgehead atoms. The third-order valence-corrected chi connectivity index (χ3v) is 5.07. The van der Waals surface area contributed by atoms with Crippen LogP contribution in [0.15, 0.2) is 48.8 Å². The monoisotopic (exact) mass is 366 g/mol.